The predicted molar refractivity (Wildman–Crippen MR) is 147 cm³/mol. The third kappa shape index (κ3) is 6.59. The number of hydrogen-bond donors (Lipinski definition) is 2. The van der Waals surface area contributed by atoms with Crippen molar-refractivity contribution in [3.63, 3.8) is 0 Å². The van der Waals surface area contributed by atoms with Gasteiger partial charge in [0.15, 0.2) is 11.6 Å². The second-order valence-corrected chi connectivity index (χ2v) is 9.60. The highest BCUT2D eigenvalue weighted by Crippen LogP contribution is 2.39. The summed E-state index contributed by atoms with van der Waals surface area (Å²) < 4.78 is 42.2. The molecule has 1 amide bonds. The smallest absolute Gasteiger partial charge is 0.239 e. The number of nitrogens with two attached hydrogens (primary N) is 1. The van der Waals surface area contributed by atoms with Crippen LogP contribution >= 0.6 is 0 Å². The third-order valence-corrected chi connectivity index (χ3v) is 6.91. The van der Waals surface area contributed by atoms with Crippen LogP contribution in [0.1, 0.15) is 12.8 Å². The zero-order chi connectivity index (χ0) is 28.8. The fourth-order valence-electron chi connectivity index (χ4n) is 4.98. The standard InChI is InChI=1S/C28H31F2N7O4/c29-23-2-1-3-25(27(23)30)37(20-15-34-36(16-20)17-26(31)39)28-22-5-4-21(14-24(22)32-18-33-28)41-13-9-35(8-10-38)19-6-11-40-12-7-19/h1-5,14-16,18-19,38H,6-13,17H2,(H2,31,39). The van der Waals surface area contributed by atoms with Gasteiger partial charge in [0, 0.05) is 50.0 Å². The number of aromatic nitrogens is 4. The SMILES string of the molecule is NC(=O)Cn1cc(N(c2cccc(F)c2F)c2ncnc3cc(OCCN(CCO)C4CCOCC4)ccc23)cn1. The molecule has 0 spiro atoms. The normalized spacial score (nSPS) is 14.0. The molecular weight excluding hydrogens is 536 g/mol. The van der Waals surface area contributed by atoms with E-state index in [-0.39, 0.29) is 24.7 Å². The van der Waals surface area contributed by atoms with Crippen molar-refractivity contribution in [1.82, 2.24) is 24.6 Å². The first-order valence-electron chi connectivity index (χ1n) is 13.3. The summed E-state index contributed by atoms with van der Waals surface area (Å²) in [5.74, 6) is -1.84. The molecule has 1 aliphatic rings. The van der Waals surface area contributed by atoms with E-state index < -0.39 is 17.5 Å². The Hall–Kier alpha value is -4.20. The number of primary amides is 1. The molecule has 216 valence electrons. The van der Waals surface area contributed by atoms with Crippen LogP contribution in [0.3, 0.4) is 0 Å². The molecule has 5 rings (SSSR count). The second kappa shape index (κ2) is 13.0. The lowest BCUT2D eigenvalue weighted by molar-refractivity contribution is -0.118. The van der Waals surface area contributed by atoms with E-state index in [0.29, 0.717) is 61.3 Å². The number of amides is 1. The molecule has 0 atom stereocenters. The largest absolute Gasteiger partial charge is 0.492 e. The van der Waals surface area contributed by atoms with Crippen molar-refractivity contribution < 1.29 is 28.2 Å². The quantitative estimate of drug-likeness (QED) is 0.265. The van der Waals surface area contributed by atoms with Crippen LogP contribution in [-0.2, 0) is 16.1 Å². The van der Waals surface area contributed by atoms with E-state index in [1.165, 1.54) is 40.4 Å². The van der Waals surface area contributed by atoms with Crippen molar-refractivity contribution in [2.75, 3.05) is 44.4 Å². The Balaban J connectivity index is 1.42. The van der Waals surface area contributed by atoms with E-state index in [2.05, 4.69) is 20.0 Å². The molecule has 2 aromatic carbocycles. The molecule has 0 unspecified atom stereocenters. The summed E-state index contributed by atoms with van der Waals surface area (Å²) >= 11 is 0. The van der Waals surface area contributed by atoms with Crippen molar-refractivity contribution in [3.05, 3.63) is 66.8 Å². The highest BCUT2D eigenvalue weighted by Gasteiger charge is 2.24. The number of rotatable bonds is 12. The Morgan fingerprint density at radius 1 is 1.17 bits per heavy atom. The molecule has 13 heteroatoms. The highest BCUT2D eigenvalue weighted by molar-refractivity contribution is 5.95. The van der Waals surface area contributed by atoms with Crippen LogP contribution < -0.4 is 15.4 Å². The molecule has 3 N–H and O–H groups in total. The van der Waals surface area contributed by atoms with E-state index in [1.54, 1.807) is 18.2 Å². The third-order valence-electron chi connectivity index (χ3n) is 6.91. The first-order valence-corrected chi connectivity index (χ1v) is 13.3. The molecule has 2 aromatic heterocycles. The van der Waals surface area contributed by atoms with Crippen molar-refractivity contribution in [2.45, 2.75) is 25.4 Å². The van der Waals surface area contributed by atoms with Crippen molar-refractivity contribution in [2.24, 2.45) is 5.73 Å². The lowest BCUT2D eigenvalue weighted by Crippen LogP contribution is -2.43. The van der Waals surface area contributed by atoms with Gasteiger partial charge in [0.1, 0.15) is 31.0 Å². The summed E-state index contributed by atoms with van der Waals surface area (Å²) in [6.45, 7) is 2.91. The molecular formula is C28H31F2N7O4. The van der Waals surface area contributed by atoms with E-state index >= 15 is 4.39 Å². The topological polar surface area (TPSA) is 132 Å². The number of carbonyl (C=O) groups excluding carboxylic acids is 1. The number of aliphatic hydroxyl groups is 1. The van der Waals surface area contributed by atoms with Crippen molar-refractivity contribution in [3.8, 4) is 5.75 Å². The lowest BCUT2D eigenvalue weighted by Gasteiger charge is -2.33. The number of aliphatic hydroxyl groups excluding tert-OH is 1. The summed E-state index contributed by atoms with van der Waals surface area (Å²) in [5.41, 5.74) is 6.06. The number of carbonyl (C=O) groups is 1. The van der Waals surface area contributed by atoms with Gasteiger partial charge in [-0.2, -0.15) is 5.10 Å². The number of fused-ring (bicyclic) bond motifs is 1. The van der Waals surface area contributed by atoms with E-state index in [9.17, 15) is 14.3 Å². The molecule has 0 saturated carbocycles. The van der Waals surface area contributed by atoms with Gasteiger partial charge in [0.2, 0.25) is 5.91 Å². The molecule has 0 radical (unpaired) electrons. The summed E-state index contributed by atoms with van der Waals surface area (Å²) in [6, 6.07) is 9.45. The fraction of sp³-hybridized carbons (Fsp3) is 0.357. The number of benzene rings is 2. The average Bonchev–Trinajstić information content (AvgIpc) is 3.42. The van der Waals surface area contributed by atoms with Crippen LogP contribution in [0.4, 0.5) is 26.0 Å². The maximum atomic E-state index is 15.1. The molecule has 1 fully saturated rings. The van der Waals surface area contributed by atoms with E-state index in [4.69, 9.17) is 15.2 Å². The zero-order valence-electron chi connectivity index (χ0n) is 22.3. The number of hydrogen-bond acceptors (Lipinski definition) is 9. The van der Waals surface area contributed by atoms with Crippen molar-refractivity contribution >= 4 is 34.0 Å². The van der Waals surface area contributed by atoms with Gasteiger partial charge in [0.05, 0.1) is 29.7 Å². The Kier molecular flexibility index (Phi) is 8.97. The summed E-state index contributed by atoms with van der Waals surface area (Å²) in [7, 11) is 0. The number of nitrogens with zero attached hydrogens (tertiary/aromatic N) is 6. The molecule has 3 heterocycles. The van der Waals surface area contributed by atoms with Crippen LogP contribution in [0.2, 0.25) is 0 Å². The Morgan fingerprint density at radius 3 is 2.78 bits per heavy atom. The zero-order valence-corrected chi connectivity index (χ0v) is 22.3. The fourth-order valence-corrected chi connectivity index (χ4v) is 4.98. The minimum Gasteiger partial charge on any atom is -0.492 e. The van der Waals surface area contributed by atoms with E-state index in [0.717, 1.165) is 18.9 Å². The van der Waals surface area contributed by atoms with Gasteiger partial charge in [-0.05, 0) is 37.1 Å². The highest BCUT2D eigenvalue weighted by atomic mass is 19.2. The minimum atomic E-state index is -1.07. The van der Waals surface area contributed by atoms with Gasteiger partial charge in [-0.15, -0.1) is 0 Å². The van der Waals surface area contributed by atoms with Crippen LogP contribution in [0.15, 0.2) is 55.1 Å². The van der Waals surface area contributed by atoms with Crippen LogP contribution in [0.5, 0.6) is 5.75 Å². The second-order valence-electron chi connectivity index (χ2n) is 9.60. The Morgan fingerprint density at radius 2 is 2.00 bits per heavy atom. The van der Waals surface area contributed by atoms with Gasteiger partial charge in [-0.25, -0.2) is 18.7 Å². The maximum Gasteiger partial charge on any atom is 0.239 e. The van der Waals surface area contributed by atoms with Crippen LogP contribution in [0, 0.1) is 11.6 Å². The molecule has 41 heavy (non-hydrogen) atoms. The van der Waals surface area contributed by atoms with Gasteiger partial charge in [-0.1, -0.05) is 6.07 Å². The molecule has 1 saturated heterocycles. The minimum absolute atomic E-state index is 0.0663. The first-order chi connectivity index (χ1) is 19.9. The molecule has 0 aliphatic carbocycles. The number of ether oxygens (including phenoxy) is 2. The summed E-state index contributed by atoms with van der Waals surface area (Å²) in [5, 5.41) is 14.2. The lowest BCUT2D eigenvalue weighted by atomic mass is 10.1. The Bertz CT molecular complexity index is 1500. The number of halogens is 2. The summed E-state index contributed by atoms with van der Waals surface area (Å²) in [4.78, 5) is 23.8. The molecule has 0 bridgehead atoms. The molecule has 1 aliphatic heterocycles. The Labute approximate surface area is 235 Å². The molecule has 4 aromatic rings. The van der Waals surface area contributed by atoms with Gasteiger partial charge < -0.3 is 20.3 Å². The van der Waals surface area contributed by atoms with Gasteiger partial charge >= 0.3 is 0 Å². The molecule has 11 nitrogen and oxygen atoms in total. The van der Waals surface area contributed by atoms with Crippen LogP contribution in [0.25, 0.3) is 10.9 Å². The monoisotopic (exact) mass is 567 g/mol. The average molecular weight is 568 g/mol. The number of anilines is 3. The summed E-state index contributed by atoms with van der Waals surface area (Å²) in [6.07, 6.45) is 6.07. The first kappa shape index (κ1) is 28.3. The van der Waals surface area contributed by atoms with Crippen molar-refractivity contribution in [1.29, 1.82) is 0 Å². The van der Waals surface area contributed by atoms with Crippen LogP contribution in [-0.4, -0.2) is 81.2 Å². The maximum absolute atomic E-state index is 15.1. The van der Waals surface area contributed by atoms with Gasteiger partial charge in [0.25, 0.3) is 0 Å². The predicted octanol–water partition coefficient (Wildman–Crippen LogP) is 2.91. The van der Waals surface area contributed by atoms with Gasteiger partial charge in [-0.3, -0.25) is 19.3 Å². The van der Waals surface area contributed by atoms with E-state index in [1.807, 2.05) is 0 Å².